The third-order valence-corrected chi connectivity index (χ3v) is 4.14. The van der Waals surface area contributed by atoms with Gasteiger partial charge in [0.1, 0.15) is 5.69 Å². The van der Waals surface area contributed by atoms with Crippen molar-refractivity contribution < 1.29 is 18.4 Å². The molecular formula is C20H28F2N4O2. The number of rotatable bonds is 5. The van der Waals surface area contributed by atoms with Gasteiger partial charge in [-0.2, -0.15) is 5.10 Å². The van der Waals surface area contributed by atoms with E-state index in [-0.39, 0.29) is 17.2 Å². The fraction of sp³-hybridized carbons (Fsp3) is 0.450. The summed E-state index contributed by atoms with van der Waals surface area (Å²) in [5.41, 5.74) is 5.95. The Bertz CT molecular complexity index is 785. The van der Waals surface area contributed by atoms with Gasteiger partial charge in [0.2, 0.25) is 0 Å². The largest absolute Gasteiger partial charge is 0.385 e. The van der Waals surface area contributed by atoms with Crippen molar-refractivity contribution in [3.63, 3.8) is 0 Å². The fourth-order valence-corrected chi connectivity index (χ4v) is 2.59. The Morgan fingerprint density at radius 2 is 1.79 bits per heavy atom. The number of alkyl halides is 2. The van der Waals surface area contributed by atoms with Crippen LogP contribution in [0.15, 0.2) is 41.6 Å². The van der Waals surface area contributed by atoms with E-state index in [4.69, 9.17) is 10.6 Å². The topological polar surface area (TPSA) is 82.5 Å². The second kappa shape index (κ2) is 10.5. The molecule has 154 valence electrons. The number of oxime groups is 1. The van der Waals surface area contributed by atoms with Gasteiger partial charge in [-0.1, -0.05) is 63.2 Å². The fourth-order valence-electron chi connectivity index (χ4n) is 2.59. The number of carbonyl (C=O) groups excluding carboxylic acids is 1. The van der Waals surface area contributed by atoms with Crippen LogP contribution < -0.4 is 5.73 Å². The number of hydrogen-bond donors (Lipinski definition) is 1. The highest BCUT2D eigenvalue weighted by Crippen LogP contribution is 2.48. The number of hydrogen-bond acceptors (Lipinski definition) is 4. The number of amidine groups is 1. The molecule has 1 aliphatic rings. The number of aryl methyl sites for hydroxylation is 1. The summed E-state index contributed by atoms with van der Waals surface area (Å²) in [4.78, 5) is 16.7. The predicted molar refractivity (Wildman–Crippen MR) is 105 cm³/mol. The van der Waals surface area contributed by atoms with Gasteiger partial charge in [0.15, 0.2) is 11.5 Å². The highest BCUT2D eigenvalue weighted by Gasteiger charge is 2.48. The zero-order valence-electron chi connectivity index (χ0n) is 16.9. The van der Waals surface area contributed by atoms with E-state index in [1.165, 1.54) is 7.05 Å². The summed E-state index contributed by atoms with van der Waals surface area (Å²) >= 11 is 0. The third kappa shape index (κ3) is 5.15. The lowest BCUT2D eigenvalue weighted by atomic mass is 9.95. The third-order valence-electron chi connectivity index (χ3n) is 4.14. The van der Waals surface area contributed by atoms with E-state index in [2.05, 4.69) is 10.3 Å². The van der Waals surface area contributed by atoms with Crippen molar-refractivity contribution in [3.05, 3.63) is 53.3 Å². The first kappa shape index (κ1) is 23.3. The maximum absolute atomic E-state index is 12.7. The summed E-state index contributed by atoms with van der Waals surface area (Å²) in [5, 5.41) is 7.40. The average Bonchev–Trinajstić information content (AvgIpc) is 3.45. The van der Waals surface area contributed by atoms with Crippen LogP contribution in [0.3, 0.4) is 0 Å². The minimum atomic E-state index is -2.73. The van der Waals surface area contributed by atoms with Crippen LogP contribution >= 0.6 is 0 Å². The Kier molecular flexibility index (Phi) is 8.76. The molecule has 0 aliphatic heterocycles. The van der Waals surface area contributed by atoms with Gasteiger partial charge in [0.25, 0.3) is 6.43 Å². The minimum absolute atomic E-state index is 0.187. The lowest BCUT2D eigenvalue weighted by molar-refractivity contribution is 0.0506. The van der Waals surface area contributed by atoms with Gasteiger partial charge in [-0.15, -0.1) is 0 Å². The molecule has 1 aliphatic carbocycles. The summed E-state index contributed by atoms with van der Waals surface area (Å²) in [6.07, 6.45) is -1.11. The number of benzene rings is 1. The molecule has 6 nitrogen and oxygen atoms in total. The van der Waals surface area contributed by atoms with Gasteiger partial charge in [-0.05, 0) is 18.4 Å². The molecule has 0 spiro atoms. The normalized spacial score (nSPS) is 14.4. The summed E-state index contributed by atoms with van der Waals surface area (Å²) in [5.74, 6) is -0.739. The van der Waals surface area contributed by atoms with Crippen molar-refractivity contribution in [1.29, 1.82) is 0 Å². The lowest BCUT2D eigenvalue weighted by Crippen LogP contribution is -2.29. The van der Waals surface area contributed by atoms with Crippen molar-refractivity contribution in [1.82, 2.24) is 9.78 Å². The van der Waals surface area contributed by atoms with E-state index in [0.29, 0.717) is 0 Å². The van der Waals surface area contributed by atoms with E-state index in [9.17, 15) is 13.6 Å². The summed E-state index contributed by atoms with van der Waals surface area (Å²) in [7, 11) is 1.32. The zero-order valence-corrected chi connectivity index (χ0v) is 16.9. The van der Waals surface area contributed by atoms with Crippen molar-refractivity contribution in [2.24, 2.45) is 17.9 Å². The van der Waals surface area contributed by atoms with Gasteiger partial charge in [0, 0.05) is 13.1 Å². The Balaban J connectivity index is 0.000000921. The molecule has 1 saturated carbocycles. The molecule has 1 aromatic carbocycles. The second-order valence-electron chi connectivity index (χ2n) is 5.68. The van der Waals surface area contributed by atoms with Gasteiger partial charge in [-0.25, -0.2) is 13.6 Å². The molecule has 0 saturated heterocycles. The Labute approximate surface area is 164 Å². The first-order valence-electron chi connectivity index (χ1n) is 9.37. The summed E-state index contributed by atoms with van der Waals surface area (Å²) in [6.45, 7) is 8.00. The number of nitrogens with two attached hydrogens (primary N) is 1. The van der Waals surface area contributed by atoms with Crippen molar-refractivity contribution >= 4 is 11.8 Å². The number of halogens is 2. The van der Waals surface area contributed by atoms with E-state index in [1.54, 1.807) is 0 Å². The molecule has 0 radical (unpaired) electrons. The molecule has 0 unspecified atom stereocenters. The van der Waals surface area contributed by atoms with Crippen LogP contribution in [0, 0.1) is 0 Å². The van der Waals surface area contributed by atoms with E-state index >= 15 is 0 Å². The van der Waals surface area contributed by atoms with Crippen LogP contribution in [0.4, 0.5) is 8.78 Å². The molecule has 2 aromatic rings. The second-order valence-corrected chi connectivity index (χ2v) is 5.68. The van der Waals surface area contributed by atoms with Gasteiger partial charge in [0.05, 0.1) is 5.41 Å². The van der Waals surface area contributed by atoms with Gasteiger partial charge < -0.3 is 10.6 Å². The molecule has 0 atom stereocenters. The van der Waals surface area contributed by atoms with E-state index in [0.717, 1.165) is 29.2 Å². The lowest BCUT2D eigenvalue weighted by Gasteiger charge is -2.13. The molecule has 3 rings (SSSR count). The maximum Gasteiger partial charge on any atom is 0.385 e. The van der Waals surface area contributed by atoms with Crippen molar-refractivity contribution in [2.45, 2.75) is 52.4 Å². The van der Waals surface area contributed by atoms with E-state index < -0.39 is 17.8 Å². The van der Waals surface area contributed by atoms with Crippen LogP contribution in [0.2, 0.25) is 0 Å². The quantitative estimate of drug-likeness (QED) is 0.348. The SMILES string of the molecule is CC.CC.Cn1nc(C(=O)O/N=C(\N)C2(c3ccccc3)CC2)cc1C(F)F. The van der Waals surface area contributed by atoms with Crippen LogP contribution in [-0.4, -0.2) is 21.6 Å². The first-order valence-corrected chi connectivity index (χ1v) is 9.37. The molecule has 1 aromatic heterocycles. The van der Waals surface area contributed by atoms with Gasteiger partial charge in [-0.3, -0.25) is 4.68 Å². The molecule has 1 heterocycles. The van der Waals surface area contributed by atoms with Crippen LogP contribution in [0.5, 0.6) is 0 Å². The molecule has 1 fully saturated rings. The number of aromatic nitrogens is 2. The zero-order chi connectivity index (χ0) is 21.3. The molecule has 8 heteroatoms. The highest BCUT2D eigenvalue weighted by atomic mass is 19.3. The van der Waals surface area contributed by atoms with Crippen LogP contribution in [0.25, 0.3) is 0 Å². The molecule has 0 bridgehead atoms. The van der Waals surface area contributed by atoms with Crippen LogP contribution in [-0.2, 0) is 17.3 Å². The predicted octanol–water partition coefficient (Wildman–Crippen LogP) is 4.57. The maximum atomic E-state index is 12.7. The van der Waals surface area contributed by atoms with E-state index in [1.807, 2.05) is 58.0 Å². The minimum Gasteiger partial charge on any atom is -0.384 e. The number of carbonyl (C=O) groups is 1. The molecule has 28 heavy (non-hydrogen) atoms. The monoisotopic (exact) mass is 394 g/mol. The standard InChI is InChI=1S/C16H16F2N4O2.2C2H6/c1-22-12(13(17)18)9-11(20-22)14(23)24-21-15(19)16(7-8-16)10-5-3-2-4-6-10;2*1-2/h2-6,9,13H,7-8H2,1H3,(H2,19,21);2*1-2H3. The Morgan fingerprint density at radius 3 is 2.25 bits per heavy atom. The highest BCUT2D eigenvalue weighted by molar-refractivity contribution is 5.95. The summed E-state index contributed by atoms with van der Waals surface area (Å²) in [6, 6.07) is 10.5. The van der Waals surface area contributed by atoms with Crippen LogP contribution in [0.1, 0.15) is 68.7 Å². The average molecular weight is 394 g/mol. The van der Waals surface area contributed by atoms with Crippen molar-refractivity contribution in [3.8, 4) is 0 Å². The summed E-state index contributed by atoms with van der Waals surface area (Å²) < 4.78 is 26.4. The number of nitrogens with zero attached hydrogens (tertiary/aromatic N) is 3. The Morgan fingerprint density at radius 1 is 1.21 bits per heavy atom. The molecule has 2 N–H and O–H groups in total. The first-order chi connectivity index (χ1) is 13.4. The molecule has 0 amide bonds. The Hall–Kier alpha value is -2.77. The van der Waals surface area contributed by atoms with Crippen molar-refractivity contribution in [2.75, 3.05) is 0 Å². The van der Waals surface area contributed by atoms with Gasteiger partial charge >= 0.3 is 5.97 Å². The smallest absolute Gasteiger partial charge is 0.384 e. The molecular weight excluding hydrogens is 366 g/mol.